The van der Waals surface area contributed by atoms with Crippen molar-refractivity contribution in [3.05, 3.63) is 76.9 Å². The number of carbonyl (C=O) groups excluding carboxylic acids is 2. The van der Waals surface area contributed by atoms with E-state index in [-0.39, 0.29) is 12.0 Å². The van der Waals surface area contributed by atoms with Crippen LogP contribution in [0.25, 0.3) is 0 Å². The Bertz CT molecular complexity index is 1110. The molecule has 2 aromatic carbocycles. The predicted molar refractivity (Wildman–Crippen MR) is 136 cm³/mol. The average Bonchev–Trinajstić information content (AvgIpc) is 2.84. The van der Waals surface area contributed by atoms with Gasteiger partial charge < -0.3 is 10.2 Å². The first kappa shape index (κ1) is 25.6. The number of alkyl halides is 2. The fraction of sp³-hybridized carbons (Fsp3) is 0.429. The number of halogens is 2. The van der Waals surface area contributed by atoms with Gasteiger partial charge >= 0.3 is 5.92 Å². The molecule has 0 bridgehead atoms. The predicted octanol–water partition coefficient (Wildman–Crippen LogP) is 5.01. The summed E-state index contributed by atoms with van der Waals surface area (Å²) in [5.74, 6) is -4.08. The van der Waals surface area contributed by atoms with Crippen molar-refractivity contribution in [2.75, 3.05) is 19.6 Å². The highest BCUT2D eigenvalue weighted by atomic mass is 32.1. The van der Waals surface area contributed by atoms with E-state index in [1.165, 1.54) is 16.0 Å². The lowest BCUT2D eigenvalue weighted by Crippen LogP contribution is -2.45. The molecule has 35 heavy (non-hydrogen) atoms. The third kappa shape index (κ3) is 6.19. The van der Waals surface area contributed by atoms with Crippen molar-refractivity contribution in [3.63, 3.8) is 0 Å². The van der Waals surface area contributed by atoms with Gasteiger partial charge in [-0.3, -0.25) is 9.59 Å². The van der Waals surface area contributed by atoms with E-state index in [1.54, 1.807) is 0 Å². The molecule has 2 heterocycles. The molecular weight excluding hydrogens is 466 g/mol. The highest BCUT2D eigenvalue weighted by Crippen LogP contribution is 2.42. The zero-order valence-corrected chi connectivity index (χ0v) is 20.9. The Morgan fingerprint density at radius 2 is 1.89 bits per heavy atom. The molecular formula is C28H32F2N2O2S. The maximum absolute atomic E-state index is 12.9. The molecule has 0 saturated carbocycles. The van der Waals surface area contributed by atoms with Gasteiger partial charge in [-0.15, -0.1) is 12.6 Å². The summed E-state index contributed by atoms with van der Waals surface area (Å²) < 4.78 is 25.9. The van der Waals surface area contributed by atoms with Crippen LogP contribution in [0.2, 0.25) is 0 Å². The molecule has 0 radical (unpaired) electrons. The van der Waals surface area contributed by atoms with E-state index in [9.17, 15) is 18.4 Å². The smallest absolute Gasteiger partial charge is 0.322 e. The van der Waals surface area contributed by atoms with E-state index in [0.29, 0.717) is 32.1 Å². The third-order valence-corrected chi connectivity index (χ3v) is 7.43. The molecule has 1 aliphatic carbocycles. The molecule has 186 valence electrons. The maximum Gasteiger partial charge on any atom is 0.322 e. The quantitative estimate of drug-likeness (QED) is 0.585. The standard InChI is InChI=1S/C16H19NO.C12H13F2NOS/c18-15-6-8-16(11-13-4-2-1-3-5-13)12-17-9-7-14(16)10-15;1-12(13,14)11(16)15-5-4-8-2-3-10(17)6-9(8)7-15/h1-5,10,17H,6-9,11-12H2;2-3,6,17H,4-5,7H2,1H3. The van der Waals surface area contributed by atoms with Crippen LogP contribution in [0.1, 0.15) is 42.9 Å². The molecule has 3 aliphatic rings. The lowest BCUT2D eigenvalue weighted by molar-refractivity contribution is -0.155. The largest absolute Gasteiger partial charge is 0.333 e. The summed E-state index contributed by atoms with van der Waals surface area (Å²) >= 11 is 4.21. The summed E-state index contributed by atoms with van der Waals surface area (Å²) in [6.07, 6.45) is 6.33. The number of benzene rings is 2. The van der Waals surface area contributed by atoms with Crippen molar-refractivity contribution < 1.29 is 18.4 Å². The van der Waals surface area contributed by atoms with Crippen molar-refractivity contribution in [1.82, 2.24) is 10.2 Å². The zero-order valence-electron chi connectivity index (χ0n) is 20.0. The van der Waals surface area contributed by atoms with Crippen molar-refractivity contribution in [2.45, 2.75) is 56.4 Å². The van der Waals surface area contributed by atoms with Crippen LogP contribution in [0.3, 0.4) is 0 Å². The van der Waals surface area contributed by atoms with Gasteiger partial charge in [-0.05, 0) is 67.1 Å². The van der Waals surface area contributed by atoms with E-state index >= 15 is 0 Å². The van der Waals surface area contributed by atoms with Crippen LogP contribution in [-0.2, 0) is 29.0 Å². The summed E-state index contributed by atoms with van der Waals surface area (Å²) in [6, 6.07) is 16.3. The Kier molecular flexibility index (Phi) is 7.77. The number of allylic oxidation sites excluding steroid dienone is 1. The van der Waals surface area contributed by atoms with Crippen LogP contribution in [-0.4, -0.2) is 42.1 Å². The fourth-order valence-electron chi connectivity index (χ4n) is 5.28. The number of hydrogen-bond donors (Lipinski definition) is 2. The molecule has 1 atom stereocenters. The van der Waals surface area contributed by atoms with Crippen LogP contribution >= 0.6 is 12.6 Å². The maximum atomic E-state index is 12.9. The number of nitrogens with one attached hydrogen (secondary N) is 1. The van der Waals surface area contributed by atoms with E-state index in [4.69, 9.17) is 0 Å². The summed E-state index contributed by atoms with van der Waals surface area (Å²) in [5, 5.41) is 3.51. The minimum absolute atomic E-state index is 0.188. The molecule has 2 aliphatic heterocycles. The van der Waals surface area contributed by atoms with Gasteiger partial charge in [-0.25, -0.2) is 0 Å². The van der Waals surface area contributed by atoms with E-state index in [0.717, 1.165) is 48.4 Å². The first-order valence-electron chi connectivity index (χ1n) is 12.1. The van der Waals surface area contributed by atoms with E-state index in [2.05, 4.69) is 48.3 Å². The second-order valence-corrected chi connectivity index (χ2v) is 10.3. The number of rotatable bonds is 3. The number of piperidine rings is 1. The Morgan fingerprint density at radius 1 is 1.11 bits per heavy atom. The van der Waals surface area contributed by atoms with Gasteiger partial charge in [-0.1, -0.05) is 42.0 Å². The van der Waals surface area contributed by atoms with Gasteiger partial charge in [-0.2, -0.15) is 8.78 Å². The molecule has 2 aromatic rings. The summed E-state index contributed by atoms with van der Waals surface area (Å²) in [4.78, 5) is 25.1. The van der Waals surface area contributed by atoms with Crippen molar-refractivity contribution in [1.29, 1.82) is 0 Å². The highest BCUT2D eigenvalue weighted by Gasteiger charge is 2.39. The second kappa shape index (κ2) is 10.6. The zero-order chi connectivity index (χ0) is 25.1. The molecule has 1 amide bonds. The summed E-state index contributed by atoms with van der Waals surface area (Å²) in [6.45, 7) is 3.25. The minimum Gasteiger partial charge on any atom is -0.333 e. The molecule has 1 saturated heterocycles. The topological polar surface area (TPSA) is 49.4 Å². The van der Waals surface area contributed by atoms with Gasteiger partial charge in [0.25, 0.3) is 5.91 Å². The number of hydrogen-bond acceptors (Lipinski definition) is 4. The molecule has 0 aromatic heterocycles. The van der Waals surface area contributed by atoms with Crippen LogP contribution in [0.5, 0.6) is 0 Å². The fourth-order valence-corrected chi connectivity index (χ4v) is 5.51. The highest BCUT2D eigenvalue weighted by molar-refractivity contribution is 7.80. The number of thiol groups is 1. The summed E-state index contributed by atoms with van der Waals surface area (Å²) in [5.41, 5.74) is 4.95. The Labute approximate surface area is 211 Å². The molecule has 1 N–H and O–H groups in total. The lowest BCUT2D eigenvalue weighted by Gasteiger charge is -2.42. The van der Waals surface area contributed by atoms with Crippen LogP contribution < -0.4 is 5.32 Å². The lowest BCUT2D eigenvalue weighted by atomic mass is 9.66. The Morgan fingerprint density at radius 3 is 2.63 bits per heavy atom. The van der Waals surface area contributed by atoms with Crippen molar-refractivity contribution in [3.8, 4) is 0 Å². The number of ketones is 1. The minimum atomic E-state index is -3.30. The van der Waals surface area contributed by atoms with Crippen LogP contribution in [0.15, 0.2) is 65.1 Å². The molecule has 1 unspecified atom stereocenters. The van der Waals surface area contributed by atoms with Gasteiger partial charge in [0.05, 0.1) is 0 Å². The second-order valence-electron chi connectivity index (χ2n) is 9.82. The number of nitrogens with zero attached hydrogens (tertiary/aromatic N) is 1. The van der Waals surface area contributed by atoms with Crippen molar-refractivity contribution in [2.24, 2.45) is 5.41 Å². The van der Waals surface area contributed by atoms with Gasteiger partial charge in [0, 0.05) is 43.3 Å². The van der Waals surface area contributed by atoms with Crippen LogP contribution in [0.4, 0.5) is 8.78 Å². The average molecular weight is 499 g/mol. The Balaban J connectivity index is 0.000000165. The third-order valence-electron chi connectivity index (χ3n) is 7.15. The number of fused-ring (bicyclic) bond motifs is 2. The van der Waals surface area contributed by atoms with E-state index in [1.807, 2.05) is 24.3 Å². The van der Waals surface area contributed by atoms with E-state index < -0.39 is 11.8 Å². The van der Waals surface area contributed by atoms with Gasteiger partial charge in [0.2, 0.25) is 0 Å². The van der Waals surface area contributed by atoms with Gasteiger partial charge in [0.1, 0.15) is 0 Å². The molecule has 1 fully saturated rings. The molecule has 0 spiro atoms. The van der Waals surface area contributed by atoms with Crippen molar-refractivity contribution >= 4 is 24.3 Å². The SMILES string of the molecule is CC(F)(F)C(=O)N1CCc2ccc(S)cc2C1.O=C1C=C2CCNCC2(Cc2ccccc2)CC1. The molecule has 5 rings (SSSR count). The number of amides is 1. The summed E-state index contributed by atoms with van der Waals surface area (Å²) in [7, 11) is 0. The monoisotopic (exact) mass is 498 g/mol. The Hall–Kier alpha value is -2.51. The normalized spacial score (nSPS) is 21.8. The molecule has 4 nitrogen and oxygen atoms in total. The first-order chi connectivity index (χ1) is 16.7. The number of carbonyl (C=O) groups is 2. The first-order valence-corrected chi connectivity index (χ1v) is 12.6. The van der Waals surface area contributed by atoms with Gasteiger partial charge in [0.15, 0.2) is 5.78 Å². The molecule has 7 heteroatoms. The van der Waals surface area contributed by atoms with Crippen LogP contribution in [0, 0.1) is 5.41 Å².